The van der Waals surface area contributed by atoms with E-state index in [1.54, 1.807) is 42.5 Å². The number of nitrogens with zero attached hydrogens (tertiary/aromatic N) is 4. The average Bonchev–Trinajstić information content (AvgIpc) is 3.06. The quantitative estimate of drug-likeness (QED) is 0.608. The van der Waals surface area contributed by atoms with Crippen molar-refractivity contribution in [1.29, 1.82) is 0 Å². The predicted molar refractivity (Wildman–Crippen MR) is 124 cm³/mol. The van der Waals surface area contributed by atoms with Gasteiger partial charge >= 0.3 is 5.97 Å². The summed E-state index contributed by atoms with van der Waals surface area (Å²) in [6, 6.07) is 17.2. The van der Waals surface area contributed by atoms with Crippen LogP contribution in [0, 0.1) is 0 Å². The standard InChI is InChI=1S/C23H22ClN5O3/c24-20-9-10-21(27-26-20)29-12-4-11-28(13-14-29)19-8-7-17(23(31)32)15-18(19)25-22(30)16-5-2-1-3-6-16/h1-3,5-10,15H,4,11-14H2,(H,25,30)(H,31,32). The molecule has 8 nitrogen and oxygen atoms in total. The van der Waals surface area contributed by atoms with Crippen LogP contribution >= 0.6 is 11.6 Å². The van der Waals surface area contributed by atoms with Gasteiger partial charge in [0.1, 0.15) is 0 Å². The normalized spacial score (nSPS) is 14.0. The lowest BCUT2D eigenvalue weighted by molar-refractivity contribution is 0.0696. The molecule has 0 unspecified atom stereocenters. The third-order valence-electron chi connectivity index (χ3n) is 5.31. The molecule has 1 aromatic heterocycles. The van der Waals surface area contributed by atoms with Crippen molar-refractivity contribution >= 4 is 40.7 Å². The van der Waals surface area contributed by atoms with Gasteiger partial charge in [0.05, 0.1) is 16.9 Å². The Kier molecular flexibility index (Phi) is 6.51. The van der Waals surface area contributed by atoms with Gasteiger partial charge in [0.2, 0.25) is 0 Å². The Bertz CT molecular complexity index is 1110. The number of nitrogens with one attached hydrogen (secondary N) is 1. The van der Waals surface area contributed by atoms with E-state index < -0.39 is 5.97 Å². The first-order valence-corrected chi connectivity index (χ1v) is 10.6. The van der Waals surface area contributed by atoms with Crippen molar-refractivity contribution in [2.75, 3.05) is 41.3 Å². The van der Waals surface area contributed by atoms with E-state index in [0.29, 0.717) is 29.5 Å². The number of aromatic carboxylic acids is 1. The zero-order valence-electron chi connectivity index (χ0n) is 17.2. The van der Waals surface area contributed by atoms with Crippen LogP contribution in [0.1, 0.15) is 27.1 Å². The van der Waals surface area contributed by atoms with E-state index >= 15 is 0 Å². The summed E-state index contributed by atoms with van der Waals surface area (Å²) in [5.74, 6) is -0.576. The van der Waals surface area contributed by atoms with Gasteiger partial charge in [-0.1, -0.05) is 29.8 Å². The number of carbonyl (C=O) groups excluding carboxylic acids is 1. The number of carboxylic acid groups (broad SMARTS) is 1. The van der Waals surface area contributed by atoms with Crippen molar-refractivity contribution in [2.24, 2.45) is 0 Å². The van der Waals surface area contributed by atoms with Crippen molar-refractivity contribution in [3.05, 3.63) is 76.9 Å². The number of hydrogen-bond donors (Lipinski definition) is 2. The maximum atomic E-state index is 12.8. The fraction of sp³-hybridized carbons (Fsp3) is 0.217. The Balaban J connectivity index is 1.57. The molecule has 4 rings (SSSR count). The highest BCUT2D eigenvalue weighted by atomic mass is 35.5. The van der Waals surface area contributed by atoms with E-state index in [1.165, 1.54) is 6.07 Å². The molecule has 2 N–H and O–H groups in total. The van der Waals surface area contributed by atoms with Gasteiger partial charge < -0.3 is 20.2 Å². The van der Waals surface area contributed by atoms with Crippen molar-refractivity contribution < 1.29 is 14.7 Å². The molecule has 0 aliphatic carbocycles. The number of carbonyl (C=O) groups is 2. The molecule has 9 heteroatoms. The van der Waals surface area contributed by atoms with Gasteiger partial charge in [-0.3, -0.25) is 4.79 Å². The molecule has 2 aromatic carbocycles. The number of amides is 1. The summed E-state index contributed by atoms with van der Waals surface area (Å²) in [5.41, 5.74) is 1.87. The highest BCUT2D eigenvalue weighted by Gasteiger charge is 2.21. The van der Waals surface area contributed by atoms with Crippen LogP contribution in [0.15, 0.2) is 60.7 Å². The van der Waals surface area contributed by atoms with Crippen LogP contribution in [0.25, 0.3) is 0 Å². The summed E-state index contributed by atoms with van der Waals surface area (Å²) in [6.07, 6.45) is 0.858. The minimum atomic E-state index is -1.05. The molecule has 0 spiro atoms. The third kappa shape index (κ3) is 4.97. The fourth-order valence-electron chi connectivity index (χ4n) is 3.69. The number of hydrogen-bond acceptors (Lipinski definition) is 6. The second kappa shape index (κ2) is 9.65. The van der Waals surface area contributed by atoms with Crippen LogP contribution in [0.4, 0.5) is 17.2 Å². The minimum Gasteiger partial charge on any atom is -0.478 e. The summed E-state index contributed by atoms with van der Waals surface area (Å²) in [7, 11) is 0. The van der Waals surface area contributed by atoms with E-state index in [-0.39, 0.29) is 11.5 Å². The van der Waals surface area contributed by atoms with Gasteiger partial charge in [-0.05, 0) is 48.9 Å². The van der Waals surface area contributed by atoms with Crippen molar-refractivity contribution in [2.45, 2.75) is 6.42 Å². The zero-order valence-corrected chi connectivity index (χ0v) is 18.0. The van der Waals surface area contributed by atoms with Gasteiger partial charge in [0, 0.05) is 31.7 Å². The number of halogens is 1. The number of rotatable bonds is 5. The molecule has 3 aromatic rings. The molecule has 0 bridgehead atoms. The van der Waals surface area contributed by atoms with Crippen molar-refractivity contribution in [3.8, 4) is 0 Å². The smallest absolute Gasteiger partial charge is 0.335 e. The van der Waals surface area contributed by atoms with Crippen molar-refractivity contribution in [1.82, 2.24) is 10.2 Å². The molecule has 1 aliphatic rings. The summed E-state index contributed by atoms with van der Waals surface area (Å²) in [6.45, 7) is 2.91. The van der Waals surface area contributed by atoms with E-state index in [9.17, 15) is 14.7 Å². The van der Waals surface area contributed by atoms with Crippen LogP contribution in [0.5, 0.6) is 0 Å². The Labute approximate surface area is 190 Å². The van der Waals surface area contributed by atoms with Crippen LogP contribution in [-0.4, -0.2) is 53.4 Å². The Morgan fingerprint density at radius 2 is 1.62 bits per heavy atom. The summed E-state index contributed by atoms with van der Waals surface area (Å²) in [5, 5.41) is 20.8. The molecule has 2 heterocycles. The Morgan fingerprint density at radius 3 is 2.34 bits per heavy atom. The first-order chi connectivity index (χ1) is 15.5. The predicted octanol–water partition coefficient (Wildman–Crippen LogP) is 3.80. The van der Waals surface area contributed by atoms with E-state index in [4.69, 9.17) is 11.6 Å². The van der Waals surface area contributed by atoms with Gasteiger partial charge in [-0.25, -0.2) is 4.79 Å². The lowest BCUT2D eigenvalue weighted by atomic mass is 10.1. The van der Waals surface area contributed by atoms with Crippen LogP contribution in [0.3, 0.4) is 0 Å². The minimum absolute atomic E-state index is 0.116. The number of aromatic nitrogens is 2. The topological polar surface area (TPSA) is 98.7 Å². The first-order valence-electron chi connectivity index (χ1n) is 10.2. The average molecular weight is 452 g/mol. The lowest BCUT2D eigenvalue weighted by Gasteiger charge is -2.26. The molecule has 1 saturated heterocycles. The third-order valence-corrected chi connectivity index (χ3v) is 5.51. The Morgan fingerprint density at radius 1 is 0.875 bits per heavy atom. The molecule has 0 atom stereocenters. The van der Waals surface area contributed by atoms with Crippen LogP contribution in [0.2, 0.25) is 5.15 Å². The highest BCUT2D eigenvalue weighted by molar-refractivity contribution is 6.29. The molecule has 1 amide bonds. The molecular weight excluding hydrogens is 430 g/mol. The van der Waals surface area contributed by atoms with E-state index in [2.05, 4.69) is 25.3 Å². The molecule has 164 valence electrons. The summed E-state index contributed by atoms with van der Waals surface area (Å²) in [4.78, 5) is 28.6. The van der Waals surface area contributed by atoms with Gasteiger partial charge in [-0.15, -0.1) is 10.2 Å². The summed E-state index contributed by atoms with van der Waals surface area (Å²) >= 11 is 5.85. The molecule has 0 saturated carbocycles. The van der Waals surface area contributed by atoms with Gasteiger partial charge in [0.15, 0.2) is 11.0 Å². The Hall–Kier alpha value is -3.65. The number of anilines is 3. The molecule has 32 heavy (non-hydrogen) atoms. The zero-order chi connectivity index (χ0) is 22.5. The largest absolute Gasteiger partial charge is 0.478 e. The second-order valence-corrected chi connectivity index (χ2v) is 7.79. The monoisotopic (exact) mass is 451 g/mol. The fourth-order valence-corrected chi connectivity index (χ4v) is 3.79. The van der Waals surface area contributed by atoms with Crippen LogP contribution < -0.4 is 15.1 Å². The van der Waals surface area contributed by atoms with Gasteiger partial charge in [-0.2, -0.15) is 0 Å². The maximum absolute atomic E-state index is 12.8. The van der Waals surface area contributed by atoms with Crippen LogP contribution in [-0.2, 0) is 0 Å². The lowest BCUT2D eigenvalue weighted by Crippen LogP contribution is -2.32. The van der Waals surface area contributed by atoms with Crippen molar-refractivity contribution in [3.63, 3.8) is 0 Å². The van der Waals surface area contributed by atoms with E-state index in [1.807, 2.05) is 12.1 Å². The molecule has 1 aliphatic heterocycles. The number of carboxylic acids is 1. The maximum Gasteiger partial charge on any atom is 0.335 e. The SMILES string of the molecule is O=C(O)c1ccc(N2CCCN(c3ccc(Cl)nn3)CC2)c(NC(=O)c2ccccc2)c1. The highest BCUT2D eigenvalue weighted by Crippen LogP contribution is 2.29. The summed E-state index contributed by atoms with van der Waals surface area (Å²) < 4.78 is 0. The van der Waals surface area contributed by atoms with E-state index in [0.717, 1.165) is 31.0 Å². The molecular formula is C23H22ClN5O3. The van der Waals surface area contributed by atoms with Gasteiger partial charge in [0.25, 0.3) is 5.91 Å². The molecule has 1 fully saturated rings. The first kappa shape index (κ1) is 21.6. The number of benzene rings is 2. The second-order valence-electron chi connectivity index (χ2n) is 7.40. The molecule has 0 radical (unpaired) electrons.